The van der Waals surface area contributed by atoms with Crippen molar-refractivity contribution in [2.24, 2.45) is 5.92 Å². The van der Waals surface area contributed by atoms with E-state index >= 15 is 0 Å². The molecule has 0 amide bonds. The predicted molar refractivity (Wildman–Crippen MR) is 61.0 cm³/mol. The molecule has 0 rings (SSSR count). The molecule has 0 saturated carbocycles. The molecule has 0 saturated heterocycles. The molecule has 0 aromatic rings. The van der Waals surface area contributed by atoms with E-state index in [1.807, 2.05) is 7.05 Å². The highest BCUT2D eigenvalue weighted by Gasteiger charge is 2.04. The predicted octanol–water partition coefficient (Wildman–Crippen LogP) is 0.646. The Bertz CT molecular complexity index is 131. The van der Waals surface area contributed by atoms with Crippen LogP contribution in [0.4, 0.5) is 0 Å². The summed E-state index contributed by atoms with van der Waals surface area (Å²) in [7, 11) is 1.87. The lowest BCUT2D eigenvalue weighted by atomic mass is 10.2. The van der Waals surface area contributed by atoms with E-state index in [1.54, 1.807) is 0 Å². The zero-order valence-corrected chi connectivity index (χ0v) is 10.2. The first kappa shape index (κ1) is 14.8. The fourth-order valence-electron chi connectivity index (χ4n) is 1.13. The van der Waals surface area contributed by atoms with Crippen LogP contribution in [0.3, 0.4) is 0 Å². The number of rotatable bonds is 10. The second-order valence-electron chi connectivity index (χ2n) is 4.04. The maximum atomic E-state index is 8.75. The molecule has 15 heavy (non-hydrogen) atoms. The van der Waals surface area contributed by atoms with Gasteiger partial charge < -0.3 is 19.9 Å². The summed E-state index contributed by atoms with van der Waals surface area (Å²) in [5.41, 5.74) is 0. The number of aliphatic hydroxyl groups is 1. The maximum absolute atomic E-state index is 8.75. The standard InChI is InChI=1S/C11H25NO3/c1-10(2)8-14-6-7-15-9-11(12-3)4-5-13/h10-13H,4-9H2,1-3H3. The molecule has 2 N–H and O–H groups in total. The summed E-state index contributed by atoms with van der Waals surface area (Å²) in [5.74, 6) is 0.574. The summed E-state index contributed by atoms with van der Waals surface area (Å²) in [5, 5.41) is 11.8. The first-order valence-corrected chi connectivity index (χ1v) is 5.64. The molecule has 0 aliphatic rings. The number of hydrogen-bond donors (Lipinski definition) is 2. The SMILES string of the molecule is CNC(CCO)COCCOCC(C)C. The van der Waals surface area contributed by atoms with E-state index in [0.29, 0.717) is 25.7 Å². The second-order valence-corrected chi connectivity index (χ2v) is 4.04. The summed E-state index contributed by atoms with van der Waals surface area (Å²) in [4.78, 5) is 0. The molecule has 0 bridgehead atoms. The Hall–Kier alpha value is -0.160. The van der Waals surface area contributed by atoms with Gasteiger partial charge in [0.15, 0.2) is 0 Å². The molecule has 0 fully saturated rings. The molecule has 0 aromatic heterocycles. The monoisotopic (exact) mass is 219 g/mol. The molecule has 0 aliphatic heterocycles. The van der Waals surface area contributed by atoms with Crippen molar-refractivity contribution in [2.75, 3.05) is 40.1 Å². The van der Waals surface area contributed by atoms with Gasteiger partial charge in [-0.1, -0.05) is 13.8 Å². The molecule has 0 aromatic carbocycles. The molecule has 4 nitrogen and oxygen atoms in total. The van der Waals surface area contributed by atoms with Crippen molar-refractivity contribution < 1.29 is 14.6 Å². The number of likely N-dealkylation sites (N-methyl/N-ethyl adjacent to an activating group) is 1. The van der Waals surface area contributed by atoms with Crippen molar-refractivity contribution in [1.82, 2.24) is 5.32 Å². The fraction of sp³-hybridized carbons (Fsp3) is 1.00. The van der Waals surface area contributed by atoms with E-state index in [0.717, 1.165) is 13.0 Å². The smallest absolute Gasteiger partial charge is 0.0701 e. The minimum Gasteiger partial charge on any atom is -0.396 e. The van der Waals surface area contributed by atoms with Crippen molar-refractivity contribution >= 4 is 0 Å². The first-order chi connectivity index (χ1) is 7.20. The van der Waals surface area contributed by atoms with Crippen LogP contribution in [0.15, 0.2) is 0 Å². The van der Waals surface area contributed by atoms with Gasteiger partial charge in [-0.2, -0.15) is 0 Å². The largest absolute Gasteiger partial charge is 0.396 e. The summed E-state index contributed by atoms with van der Waals surface area (Å²) >= 11 is 0. The summed E-state index contributed by atoms with van der Waals surface area (Å²) in [6.45, 7) is 7.12. The van der Waals surface area contributed by atoms with Crippen LogP contribution in [0, 0.1) is 5.92 Å². The fourth-order valence-corrected chi connectivity index (χ4v) is 1.13. The van der Waals surface area contributed by atoms with Gasteiger partial charge in [0, 0.05) is 19.3 Å². The third-order valence-electron chi connectivity index (χ3n) is 2.03. The zero-order chi connectivity index (χ0) is 11.5. The van der Waals surface area contributed by atoms with E-state index in [9.17, 15) is 0 Å². The number of ether oxygens (including phenoxy) is 2. The van der Waals surface area contributed by atoms with Crippen LogP contribution < -0.4 is 5.32 Å². The molecule has 0 spiro atoms. The van der Waals surface area contributed by atoms with Crippen molar-refractivity contribution in [1.29, 1.82) is 0 Å². The van der Waals surface area contributed by atoms with Crippen molar-refractivity contribution in [2.45, 2.75) is 26.3 Å². The highest BCUT2D eigenvalue weighted by molar-refractivity contribution is 4.61. The molecule has 1 atom stereocenters. The van der Waals surface area contributed by atoms with Crippen molar-refractivity contribution in [3.05, 3.63) is 0 Å². The molecule has 0 aliphatic carbocycles. The number of nitrogens with one attached hydrogen (secondary N) is 1. The average molecular weight is 219 g/mol. The van der Waals surface area contributed by atoms with Crippen LogP contribution in [-0.2, 0) is 9.47 Å². The van der Waals surface area contributed by atoms with E-state index in [2.05, 4.69) is 19.2 Å². The Balaban J connectivity index is 3.21. The minimum absolute atomic E-state index is 0.193. The highest BCUT2D eigenvalue weighted by atomic mass is 16.5. The quantitative estimate of drug-likeness (QED) is 0.530. The van der Waals surface area contributed by atoms with Crippen LogP contribution >= 0.6 is 0 Å². The first-order valence-electron chi connectivity index (χ1n) is 5.64. The van der Waals surface area contributed by atoms with Gasteiger partial charge in [-0.25, -0.2) is 0 Å². The molecular formula is C11H25NO3. The van der Waals surface area contributed by atoms with Gasteiger partial charge in [-0.3, -0.25) is 0 Å². The van der Waals surface area contributed by atoms with Crippen LogP contribution in [0.25, 0.3) is 0 Å². The molecule has 1 unspecified atom stereocenters. The van der Waals surface area contributed by atoms with E-state index in [-0.39, 0.29) is 12.6 Å². The van der Waals surface area contributed by atoms with E-state index in [1.165, 1.54) is 0 Å². The van der Waals surface area contributed by atoms with Crippen molar-refractivity contribution in [3.8, 4) is 0 Å². The summed E-state index contributed by atoms with van der Waals surface area (Å²) in [6.07, 6.45) is 0.726. The molecule has 0 radical (unpaired) electrons. The van der Waals surface area contributed by atoms with Gasteiger partial charge in [0.1, 0.15) is 0 Å². The van der Waals surface area contributed by atoms with Crippen LogP contribution in [0.2, 0.25) is 0 Å². The van der Waals surface area contributed by atoms with Crippen molar-refractivity contribution in [3.63, 3.8) is 0 Å². The lowest BCUT2D eigenvalue weighted by Gasteiger charge is -2.15. The van der Waals surface area contributed by atoms with Gasteiger partial charge in [-0.15, -0.1) is 0 Å². The summed E-state index contributed by atoms with van der Waals surface area (Å²) in [6, 6.07) is 0.236. The average Bonchev–Trinajstić information content (AvgIpc) is 2.21. The topological polar surface area (TPSA) is 50.7 Å². The normalized spacial score (nSPS) is 13.4. The van der Waals surface area contributed by atoms with Gasteiger partial charge >= 0.3 is 0 Å². The third-order valence-corrected chi connectivity index (χ3v) is 2.03. The number of hydrogen-bond acceptors (Lipinski definition) is 4. The third kappa shape index (κ3) is 10.1. The van der Waals surface area contributed by atoms with Crippen LogP contribution in [-0.4, -0.2) is 51.2 Å². The van der Waals surface area contributed by atoms with Crippen LogP contribution in [0.1, 0.15) is 20.3 Å². The zero-order valence-electron chi connectivity index (χ0n) is 10.2. The van der Waals surface area contributed by atoms with Crippen LogP contribution in [0.5, 0.6) is 0 Å². The summed E-state index contributed by atoms with van der Waals surface area (Å²) < 4.78 is 10.8. The highest BCUT2D eigenvalue weighted by Crippen LogP contribution is 1.94. The van der Waals surface area contributed by atoms with E-state index in [4.69, 9.17) is 14.6 Å². The minimum atomic E-state index is 0.193. The Kier molecular flexibility index (Phi) is 10.3. The van der Waals surface area contributed by atoms with Gasteiger partial charge in [0.2, 0.25) is 0 Å². The lowest BCUT2D eigenvalue weighted by Crippen LogP contribution is -2.31. The molecule has 4 heteroatoms. The Morgan fingerprint density at radius 2 is 1.73 bits per heavy atom. The molecular weight excluding hydrogens is 194 g/mol. The Morgan fingerprint density at radius 3 is 2.20 bits per heavy atom. The van der Waals surface area contributed by atoms with Gasteiger partial charge in [-0.05, 0) is 19.4 Å². The Morgan fingerprint density at radius 1 is 1.13 bits per heavy atom. The lowest BCUT2D eigenvalue weighted by molar-refractivity contribution is 0.0288. The van der Waals surface area contributed by atoms with E-state index < -0.39 is 0 Å². The second kappa shape index (κ2) is 10.4. The maximum Gasteiger partial charge on any atom is 0.0701 e. The Labute approximate surface area is 93.0 Å². The van der Waals surface area contributed by atoms with Gasteiger partial charge in [0.05, 0.1) is 19.8 Å². The van der Waals surface area contributed by atoms with Gasteiger partial charge in [0.25, 0.3) is 0 Å². The molecule has 0 heterocycles. The number of aliphatic hydroxyl groups excluding tert-OH is 1. The molecule has 92 valence electrons.